The van der Waals surface area contributed by atoms with E-state index in [4.69, 9.17) is 4.74 Å². The van der Waals surface area contributed by atoms with Crippen molar-refractivity contribution in [3.8, 4) is 0 Å². The first-order chi connectivity index (χ1) is 13.0. The van der Waals surface area contributed by atoms with Gasteiger partial charge in [0.2, 0.25) is 11.9 Å². The number of hydrogen-bond donors (Lipinski definition) is 2. The minimum atomic E-state index is -0.188. The molecule has 0 unspecified atom stereocenters. The number of amides is 1. The zero-order valence-electron chi connectivity index (χ0n) is 15.6. The summed E-state index contributed by atoms with van der Waals surface area (Å²) in [5.41, 5.74) is 1.93. The Labute approximate surface area is 165 Å². The number of anilines is 2. The van der Waals surface area contributed by atoms with Gasteiger partial charge in [0, 0.05) is 30.8 Å². The summed E-state index contributed by atoms with van der Waals surface area (Å²) in [7, 11) is 0. The van der Waals surface area contributed by atoms with Crippen molar-refractivity contribution >= 4 is 40.1 Å². The quantitative estimate of drug-likeness (QED) is 0.704. The van der Waals surface area contributed by atoms with Gasteiger partial charge in [-0.3, -0.25) is 14.6 Å². The molecule has 0 atom stereocenters. The summed E-state index contributed by atoms with van der Waals surface area (Å²) in [6.45, 7) is 6.38. The van der Waals surface area contributed by atoms with Crippen LogP contribution in [0.1, 0.15) is 23.4 Å². The average molecular weight is 410 g/mol. The molecule has 10 heteroatoms. The van der Waals surface area contributed by atoms with Gasteiger partial charge in [-0.1, -0.05) is 11.3 Å². The van der Waals surface area contributed by atoms with Crippen molar-refractivity contribution in [1.82, 2.24) is 15.0 Å². The van der Waals surface area contributed by atoms with E-state index in [1.54, 1.807) is 18.7 Å². The van der Waals surface area contributed by atoms with E-state index in [-0.39, 0.29) is 17.9 Å². The van der Waals surface area contributed by atoms with Gasteiger partial charge in [0.15, 0.2) is 5.13 Å². The van der Waals surface area contributed by atoms with Gasteiger partial charge in [-0.25, -0.2) is 9.97 Å². The van der Waals surface area contributed by atoms with Crippen molar-refractivity contribution in [1.29, 1.82) is 0 Å². The molecule has 3 rings (SSSR count). The number of carbonyl (C=O) groups is 1. The maximum atomic E-state index is 12.5. The molecule has 146 valence electrons. The molecule has 0 aromatic carbocycles. The normalized spacial score (nSPS) is 14.4. The highest BCUT2D eigenvalue weighted by Gasteiger charge is 2.17. The third kappa shape index (κ3) is 4.88. The maximum absolute atomic E-state index is 12.5. The minimum Gasteiger partial charge on any atom is -0.378 e. The van der Waals surface area contributed by atoms with Crippen LogP contribution in [0.5, 0.6) is 0 Å². The smallest absolute Gasteiger partial charge is 0.255 e. The summed E-state index contributed by atoms with van der Waals surface area (Å²) >= 11 is 3.07. The lowest BCUT2D eigenvalue weighted by atomic mass is 10.1. The van der Waals surface area contributed by atoms with Crippen molar-refractivity contribution in [2.24, 2.45) is 0 Å². The number of thioether (sulfide) groups is 1. The fourth-order valence-corrected chi connectivity index (χ4v) is 4.49. The number of carbonyl (C=O) groups excluding carboxylic acids is 1. The molecule has 2 N–H and O–H groups in total. The Hall–Kier alpha value is -1.91. The van der Waals surface area contributed by atoms with E-state index in [9.17, 15) is 9.59 Å². The van der Waals surface area contributed by atoms with Gasteiger partial charge in [-0.05, 0) is 26.5 Å². The van der Waals surface area contributed by atoms with E-state index in [1.807, 2.05) is 18.1 Å². The number of aromatic nitrogens is 3. The number of ether oxygens (including phenoxy) is 1. The van der Waals surface area contributed by atoms with Crippen LogP contribution in [0.4, 0.5) is 11.1 Å². The summed E-state index contributed by atoms with van der Waals surface area (Å²) in [4.78, 5) is 38.4. The first kappa shape index (κ1) is 19.8. The van der Waals surface area contributed by atoms with E-state index in [2.05, 4.69) is 20.3 Å². The predicted octanol–water partition coefficient (Wildman–Crippen LogP) is 1.97. The minimum absolute atomic E-state index is 0.160. The molecule has 8 nitrogen and oxygen atoms in total. The molecule has 0 aliphatic carbocycles. The standard InChI is InChI=1S/C17H23N5O3S2/c1-10-12(14(24)21-16(18-10)22-6-8-25-9-7-22)4-5-13(23)20-17-19-11(2)15(26-3)27-17/h4-9H2,1-3H3,(H,18,21,24)(H,19,20,23). The monoisotopic (exact) mass is 409 g/mol. The summed E-state index contributed by atoms with van der Waals surface area (Å²) in [5, 5.41) is 3.40. The third-order valence-electron chi connectivity index (χ3n) is 4.31. The predicted molar refractivity (Wildman–Crippen MR) is 108 cm³/mol. The summed E-state index contributed by atoms with van der Waals surface area (Å²) < 4.78 is 6.41. The van der Waals surface area contributed by atoms with Crippen LogP contribution < -0.4 is 15.8 Å². The highest BCUT2D eigenvalue weighted by Crippen LogP contribution is 2.30. The second kappa shape index (κ2) is 8.85. The lowest BCUT2D eigenvalue weighted by Gasteiger charge is -2.27. The third-order valence-corrected chi connectivity index (χ3v) is 6.59. The number of nitrogens with zero attached hydrogens (tertiary/aromatic N) is 3. The number of hydrogen-bond acceptors (Lipinski definition) is 8. The van der Waals surface area contributed by atoms with Crippen LogP contribution in [-0.2, 0) is 16.0 Å². The summed E-state index contributed by atoms with van der Waals surface area (Å²) in [5.74, 6) is 0.407. The molecular formula is C17H23N5O3S2. The molecule has 0 saturated carbocycles. The molecule has 1 amide bonds. The Morgan fingerprint density at radius 1 is 1.30 bits per heavy atom. The molecule has 2 aromatic heterocycles. The summed E-state index contributed by atoms with van der Waals surface area (Å²) in [6, 6.07) is 0. The Balaban J connectivity index is 1.63. The van der Waals surface area contributed by atoms with E-state index in [1.165, 1.54) is 11.3 Å². The Morgan fingerprint density at radius 3 is 2.67 bits per heavy atom. The highest BCUT2D eigenvalue weighted by molar-refractivity contribution is 8.00. The molecule has 3 heterocycles. The van der Waals surface area contributed by atoms with Gasteiger partial charge in [0.05, 0.1) is 23.1 Å². The van der Waals surface area contributed by atoms with Crippen molar-refractivity contribution in [3.05, 3.63) is 27.3 Å². The van der Waals surface area contributed by atoms with Crippen LogP contribution in [0.25, 0.3) is 0 Å². The van der Waals surface area contributed by atoms with Gasteiger partial charge < -0.3 is 15.0 Å². The van der Waals surface area contributed by atoms with Crippen LogP contribution in [0.3, 0.4) is 0 Å². The zero-order chi connectivity index (χ0) is 19.4. The largest absolute Gasteiger partial charge is 0.378 e. The first-order valence-corrected chi connectivity index (χ1v) is 10.8. The number of morpholine rings is 1. The van der Waals surface area contributed by atoms with Crippen LogP contribution >= 0.6 is 23.1 Å². The molecule has 0 spiro atoms. The molecule has 2 aromatic rings. The number of aryl methyl sites for hydroxylation is 2. The fourth-order valence-electron chi connectivity index (χ4n) is 2.86. The van der Waals surface area contributed by atoms with Crippen LogP contribution in [0.15, 0.2) is 9.00 Å². The number of aromatic amines is 1. The molecular weight excluding hydrogens is 386 g/mol. The second-order valence-corrected chi connectivity index (χ2v) is 8.27. The molecule has 0 radical (unpaired) electrons. The second-order valence-electron chi connectivity index (χ2n) is 6.20. The van der Waals surface area contributed by atoms with E-state index < -0.39 is 0 Å². The number of nitrogens with one attached hydrogen (secondary N) is 2. The van der Waals surface area contributed by atoms with Gasteiger partial charge in [0.1, 0.15) is 0 Å². The number of thiazole rings is 1. The molecule has 1 aliphatic heterocycles. The number of H-pyrrole nitrogens is 1. The Kier molecular flexibility index (Phi) is 6.51. The molecule has 27 heavy (non-hydrogen) atoms. The average Bonchev–Trinajstić information content (AvgIpc) is 3.00. The molecule has 0 bridgehead atoms. The topological polar surface area (TPSA) is 100 Å². The van der Waals surface area contributed by atoms with Gasteiger partial charge in [0.25, 0.3) is 5.56 Å². The van der Waals surface area contributed by atoms with E-state index in [0.717, 1.165) is 9.90 Å². The van der Waals surface area contributed by atoms with Crippen LogP contribution in [0, 0.1) is 13.8 Å². The van der Waals surface area contributed by atoms with Crippen molar-refractivity contribution in [3.63, 3.8) is 0 Å². The maximum Gasteiger partial charge on any atom is 0.255 e. The highest BCUT2D eigenvalue weighted by atomic mass is 32.2. The molecule has 1 saturated heterocycles. The lowest BCUT2D eigenvalue weighted by molar-refractivity contribution is -0.116. The Morgan fingerprint density at radius 2 is 2.04 bits per heavy atom. The van der Waals surface area contributed by atoms with Crippen molar-refractivity contribution in [2.45, 2.75) is 30.9 Å². The van der Waals surface area contributed by atoms with Crippen LogP contribution in [0.2, 0.25) is 0 Å². The number of rotatable bonds is 6. The van der Waals surface area contributed by atoms with Crippen molar-refractivity contribution < 1.29 is 9.53 Å². The van der Waals surface area contributed by atoms with Crippen LogP contribution in [-0.4, -0.2) is 53.4 Å². The fraction of sp³-hybridized carbons (Fsp3) is 0.529. The Bertz CT molecular complexity index is 874. The zero-order valence-corrected chi connectivity index (χ0v) is 17.3. The SMILES string of the molecule is CSc1sc(NC(=O)CCc2c(C)nc(N3CCOCC3)[nH]c2=O)nc1C. The molecule has 1 fully saturated rings. The van der Waals surface area contributed by atoms with Gasteiger partial charge >= 0.3 is 0 Å². The van der Waals surface area contributed by atoms with E-state index >= 15 is 0 Å². The summed E-state index contributed by atoms with van der Waals surface area (Å²) in [6.07, 6.45) is 2.52. The van der Waals surface area contributed by atoms with Crippen molar-refractivity contribution in [2.75, 3.05) is 42.8 Å². The van der Waals surface area contributed by atoms with Gasteiger partial charge in [-0.15, -0.1) is 11.8 Å². The first-order valence-electron chi connectivity index (χ1n) is 8.71. The molecule has 1 aliphatic rings. The van der Waals surface area contributed by atoms with E-state index in [0.29, 0.717) is 55.1 Å². The van der Waals surface area contributed by atoms with Gasteiger partial charge in [-0.2, -0.15) is 0 Å². The lowest BCUT2D eigenvalue weighted by Crippen LogP contribution is -2.38.